The Morgan fingerprint density at radius 3 is 2.90 bits per heavy atom. The zero-order valence-corrected chi connectivity index (χ0v) is 11.5. The maximum Gasteiger partial charge on any atom is 0.341 e. The van der Waals surface area contributed by atoms with Crippen molar-refractivity contribution in [1.29, 1.82) is 0 Å². The first-order valence-corrected chi connectivity index (χ1v) is 6.58. The Morgan fingerprint density at radius 1 is 1.40 bits per heavy atom. The molecule has 0 spiro atoms. The van der Waals surface area contributed by atoms with Crippen LogP contribution in [0.1, 0.15) is 35.2 Å². The predicted molar refractivity (Wildman–Crippen MR) is 75.8 cm³/mol. The van der Waals surface area contributed by atoms with Gasteiger partial charge in [-0.15, -0.1) is 0 Å². The van der Waals surface area contributed by atoms with Crippen molar-refractivity contribution in [3.63, 3.8) is 0 Å². The van der Waals surface area contributed by atoms with Crippen molar-refractivity contribution in [2.45, 2.75) is 19.3 Å². The second-order valence-electron chi connectivity index (χ2n) is 4.77. The quantitative estimate of drug-likeness (QED) is 0.872. The molecule has 1 aliphatic rings. The van der Waals surface area contributed by atoms with Gasteiger partial charge in [-0.25, -0.2) is 4.79 Å². The molecule has 1 aromatic heterocycles. The number of aromatic amines is 1. The molecule has 0 saturated heterocycles. The van der Waals surface area contributed by atoms with E-state index in [1.54, 1.807) is 0 Å². The largest absolute Gasteiger partial charge is 0.493 e. The third-order valence-corrected chi connectivity index (χ3v) is 3.68. The lowest BCUT2D eigenvalue weighted by Crippen LogP contribution is -2.05. The molecule has 1 aromatic carbocycles. The monoisotopic (exact) mass is 272 g/mol. The molecule has 20 heavy (non-hydrogen) atoms. The minimum atomic E-state index is -0.411. The smallest absolute Gasteiger partial charge is 0.341 e. The van der Waals surface area contributed by atoms with Gasteiger partial charge in [-0.2, -0.15) is 5.10 Å². The Balaban J connectivity index is 2.29. The summed E-state index contributed by atoms with van der Waals surface area (Å²) in [6.07, 6.45) is 7.30. The van der Waals surface area contributed by atoms with Gasteiger partial charge in [-0.3, -0.25) is 5.10 Å². The van der Waals surface area contributed by atoms with Gasteiger partial charge >= 0.3 is 5.97 Å². The third-order valence-electron chi connectivity index (χ3n) is 3.68. The SMILES string of the molecule is COC(=O)c1cc(C2=CCCC2)c2c[nH]nc2c1OC. The summed E-state index contributed by atoms with van der Waals surface area (Å²) in [4.78, 5) is 12.0. The van der Waals surface area contributed by atoms with E-state index in [0.717, 1.165) is 30.2 Å². The highest BCUT2D eigenvalue weighted by Gasteiger charge is 2.22. The maximum absolute atomic E-state index is 12.0. The molecule has 0 saturated carbocycles. The number of rotatable bonds is 3. The minimum absolute atomic E-state index is 0.411. The second-order valence-corrected chi connectivity index (χ2v) is 4.77. The molecule has 1 aliphatic carbocycles. The van der Waals surface area contributed by atoms with Gasteiger partial charge in [-0.1, -0.05) is 6.08 Å². The van der Waals surface area contributed by atoms with Crippen LogP contribution >= 0.6 is 0 Å². The fourth-order valence-corrected chi connectivity index (χ4v) is 2.73. The Morgan fingerprint density at radius 2 is 2.25 bits per heavy atom. The van der Waals surface area contributed by atoms with E-state index >= 15 is 0 Å². The van der Waals surface area contributed by atoms with Gasteiger partial charge in [0.15, 0.2) is 5.75 Å². The number of carbonyl (C=O) groups is 1. The van der Waals surface area contributed by atoms with E-state index in [1.165, 1.54) is 19.8 Å². The summed E-state index contributed by atoms with van der Waals surface area (Å²) in [7, 11) is 2.90. The van der Waals surface area contributed by atoms with Gasteiger partial charge in [0.1, 0.15) is 11.1 Å². The molecule has 1 N–H and O–H groups in total. The van der Waals surface area contributed by atoms with Crippen LogP contribution in [0.4, 0.5) is 0 Å². The number of esters is 1. The standard InChI is InChI=1S/C15H16N2O3/c1-19-14-11(15(18)20-2)7-10(9-5-3-4-6-9)12-8-16-17-13(12)14/h5,7-8H,3-4,6H2,1-2H3,(H,16,17). The van der Waals surface area contributed by atoms with Crippen LogP contribution in [0.3, 0.4) is 0 Å². The topological polar surface area (TPSA) is 64.2 Å². The normalized spacial score (nSPS) is 14.4. The molecule has 104 valence electrons. The van der Waals surface area contributed by atoms with Gasteiger partial charge in [0, 0.05) is 11.6 Å². The zero-order chi connectivity index (χ0) is 14.1. The van der Waals surface area contributed by atoms with Crippen LogP contribution < -0.4 is 4.74 Å². The number of hydrogen-bond acceptors (Lipinski definition) is 4. The van der Waals surface area contributed by atoms with E-state index in [1.807, 2.05) is 12.3 Å². The molecule has 0 unspecified atom stereocenters. The molecule has 0 fully saturated rings. The summed E-state index contributed by atoms with van der Waals surface area (Å²) < 4.78 is 10.2. The van der Waals surface area contributed by atoms with E-state index < -0.39 is 5.97 Å². The van der Waals surface area contributed by atoms with E-state index in [9.17, 15) is 4.79 Å². The number of hydrogen-bond donors (Lipinski definition) is 1. The molecule has 5 nitrogen and oxygen atoms in total. The van der Waals surface area contributed by atoms with E-state index in [2.05, 4.69) is 16.3 Å². The van der Waals surface area contributed by atoms with Crippen molar-refractivity contribution in [3.8, 4) is 5.75 Å². The molecule has 3 rings (SSSR count). The summed E-state index contributed by atoms with van der Waals surface area (Å²) in [6, 6.07) is 1.85. The van der Waals surface area contributed by atoms with Crippen molar-refractivity contribution in [3.05, 3.63) is 29.5 Å². The molecule has 0 aliphatic heterocycles. The number of H-pyrrole nitrogens is 1. The number of nitrogens with one attached hydrogen (secondary N) is 1. The lowest BCUT2D eigenvalue weighted by molar-refractivity contribution is 0.0597. The average molecular weight is 272 g/mol. The zero-order valence-electron chi connectivity index (χ0n) is 11.5. The molecular weight excluding hydrogens is 256 g/mol. The van der Waals surface area contributed by atoms with Gasteiger partial charge in [-0.05, 0) is 36.5 Å². The first-order valence-electron chi connectivity index (χ1n) is 6.58. The Bertz CT molecular complexity index is 700. The lowest BCUT2D eigenvalue weighted by atomic mass is 9.98. The van der Waals surface area contributed by atoms with Crippen LogP contribution in [0.5, 0.6) is 5.75 Å². The Labute approximate surface area is 116 Å². The number of carbonyl (C=O) groups excluding carboxylic acids is 1. The first kappa shape index (κ1) is 12.7. The fraction of sp³-hybridized carbons (Fsp3) is 0.333. The fourth-order valence-electron chi connectivity index (χ4n) is 2.73. The molecular formula is C15H16N2O3. The minimum Gasteiger partial charge on any atom is -0.493 e. The number of fused-ring (bicyclic) bond motifs is 1. The van der Waals surface area contributed by atoms with Crippen molar-refractivity contribution >= 4 is 22.4 Å². The molecule has 1 heterocycles. The number of aromatic nitrogens is 2. The average Bonchev–Trinajstić information content (AvgIpc) is 3.15. The number of methoxy groups -OCH3 is 2. The number of benzene rings is 1. The number of nitrogens with zero attached hydrogens (tertiary/aromatic N) is 1. The van der Waals surface area contributed by atoms with Crippen molar-refractivity contribution in [2.75, 3.05) is 14.2 Å². The summed E-state index contributed by atoms with van der Waals surface area (Å²) in [5, 5.41) is 8.04. The highest BCUT2D eigenvalue weighted by Crippen LogP contribution is 2.38. The summed E-state index contributed by atoms with van der Waals surface area (Å²) >= 11 is 0. The molecule has 0 atom stereocenters. The summed E-state index contributed by atoms with van der Waals surface area (Å²) in [6.45, 7) is 0. The van der Waals surface area contributed by atoms with E-state index in [-0.39, 0.29) is 0 Å². The van der Waals surface area contributed by atoms with Crippen LogP contribution in [0, 0.1) is 0 Å². The highest BCUT2D eigenvalue weighted by atomic mass is 16.5. The maximum atomic E-state index is 12.0. The van der Waals surface area contributed by atoms with Gasteiger partial charge in [0.2, 0.25) is 0 Å². The van der Waals surface area contributed by atoms with Crippen molar-refractivity contribution in [1.82, 2.24) is 10.2 Å². The Hall–Kier alpha value is -2.30. The predicted octanol–water partition coefficient (Wildman–Crippen LogP) is 2.93. The summed E-state index contributed by atoms with van der Waals surface area (Å²) in [5.74, 6) is 0.0436. The summed E-state index contributed by atoms with van der Waals surface area (Å²) in [5.41, 5.74) is 3.37. The van der Waals surface area contributed by atoms with Crippen molar-refractivity contribution < 1.29 is 14.3 Å². The van der Waals surface area contributed by atoms with Crippen molar-refractivity contribution in [2.24, 2.45) is 0 Å². The van der Waals surface area contributed by atoms with Crippen LogP contribution in [0.2, 0.25) is 0 Å². The van der Waals surface area contributed by atoms with Gasteiger partial charge in [0.25, 0.3) is 0 Å². The first-order chi connectivity index (χ1) is 9.76. The molecule has 5 heteroatoms. The van der Waals surface area contributed by atoms with Crippen LogP contribution in [0.15, 0.2) is 18.3 Å². The van der Waals surface area contributed by atoms with Crippen LogP contribution in [-0.2, 0) is 4.74 Å². The van der Waals surface area contributed by atoms with E-state index in [4.69, 9.17) is 9.47 Å². The van der Waals surface area contributed by atoms with Crippen LogP contribution in [0.25, 0.3) is 16.5 Å². The Kier molecular flexibility index (Phi) is 3.18. The molecule has 2 aromatic rings. The number of ether oxygens (including phenoxy) is 2. The molecule has 0 amide bonds. The molecule has 0 bridgehead atoms. The van der Waals surface area contributed by atoms with Gasteiger partial charge < -0.3 is 9.47 Å². The van der Waals surface area contributed by atoms with Crippen LogP contribution in [-0.4, -0.2) is 30.4 Å². The second kappa shape index (κ2) is 5.00. The lowest BCUT2D eigenvalue weighted by Gasteiger charge is -2.12. The molecule has 0 radical (unpaired) electrons. The van der Waals surface area contributed by atoms with E-state index in [0.29, 0.717) is 16.8 Å². The van der Waals surface area contributed by atoms with Gasteiger partial charge in [0.05, 0.1) is 14.2 Å². The number of allylic oxidation sites excluding steroid dienone is 2. The third kappa shape index (κ3) is 1.86. The highest BCUT2D eigenvalue weighted by molar-refractivity contribution is 6.04.